The first-order chi connectivity index (χ1) is 12.6. The molecular formula is C20H22N2O4. The van der Waals surface area contributed by atoms with Crippen LogP contribution in [0.4, 0.5) is 4.79 Å². The highest BCUT2D eigenvalue weighted by atomic mass is 16.6. The van der Waals surface area contributed by atoms with Gasteiger partial charge in [0.25, 0.3) is 0 Å². The van der Waals surface area contributed by atoms with E-state index in [1.54, 1.807) is 4.90 Å². The Hall–Kier alpha value is -2.86. The second-order valence-corrected chi connectivity index (χ2v) is 6.24. The fourth-order valence-corrected chi connectivity index (χ4v) is 3.05. The van der Waals surface area contributed by atoms with Gasteiger partial charge in [-0.05, 0) is 18.1 Å². The summed E-state index contributed by atoms with van der Waals surface area (Å²) in [7, 11) is 0. The average molecular weight is 354 g/mol. The summed E-state index contributed by atoms with van der Waals surface area (Å²) in [5.41, 5.74) is 1.83. The van der Waals surface area contributed by atoms with Crippen LogP contribution in [0.1, 0.15) is 24.1 Å². The summed E-state index contributed by atoms with van der Waals surface area (Å²) in [5, 5.41) is 9.61. The molecule has 2 aromatic carbocycles. The highest BCUT2D eigenvalue weighted by Crippen LogP contribution is 2.27. The van der Waals surface area contributed by atoms with Crippen LogP contribution in [-0.2, 0) is 16.1 Å². The Kier molecular flexibility index (Phi) is 5.53. The summed E-state index contributed by atoms with van der Waals surface area (Å²) < 4.78 is 5.32. The first kappa shape index (κ1) is 17.9. The predicted molar refractivity (Wildman–Crippen MR) is 95.9 cm³/mol. The fraction of sp³-hybridized carbons (Fsp3) is 0.300. The van der Waals surface area contributed by atoms with Gasteiger partial charge in [-0.3, -0.25) is 9.69 Å². The molecule has 1 heterocycles. The maximum Gasteiger partial charge on any atom is 0.412 e. The van der Waals surface area contributed by atoms with Crippen molar-refractivity contribution in [1.82, 2.24) is 9.80 Å². The van der Waals surface area contributed by atoms with E-state index in [1.807, 2.05) is 67.6 Å². The van der Waals surface area contributed by atoms with Crippen LogP contribution in [0, 0.1) is 0 Å². The molecule has 0 bridgehead atoms. The molecule has 1 N–H and O–H groups in total. The van der Waals surface area contributed by atoms with Gasteiger partial charge in [0.05, 0.1) is 12.6 Å². The molecule has 2 amide bonds. The number of amides is 2. The third kappa shape index (κ3) is 3.70. The van der Waals surface area contributed by atoms with E-state index in [0.29, 0.717) is 0 Å². The smallest absolute Gasteiger partial charge is 0.412 e. The molecule has 0 saturated carbocycles. The number of aliphatic hydroxyl groups is 1. The van der Waals surface area contributed by atoms with E-state index in [-0.39, 0.29) is 25.2 Å². The minimum Gasteiger partial charge on any atom is -0.444 e. The molecular weight excluding hydrogens is 332 g/mol. The second-order valence-electron chi connectivity index (χ2n) is 6.24. The van der Waals surface area contributed by atoms with Gasteiger partial charge in [-0.2, -0.15) is 0 Å². The molecule has 1 aliphatic rings. The topological polar surface area (TPSA) is 70.1 Å². The van der Waals surface area contributed by atoms with Gasteiger partial charge >= 0.3 is 6.09 Å². The van der Waals surface area contributed by atoms with Crippen molar-refractivity contribution in [2.75, 3.05) is 13.3 Å². The summed E-state index contributed by atoms with van der Waals surface area (Å²) in [6, 6.07) is 17.8. The van der Waals surface area contributed by atoms with Crippen LogP contribution in [0.3, 0.4) is 0 Å². The van der Waals surface area contributed by atoms with Crippen molar-refractivity contribution in [3.8, 4) is 0 Å². The molecule has 6 heteroatoms. The van der Waals surface area contributed by atoms with Crippen LogP contribution in [0.2, 0.25) is 0 Å². The Bertz CT molecular complexity index is 751. The Morgan fingerprint density at radius 3 is 2.38 bits per heavy atom. The van der Waals surface area contributed by atoms with Crippen molar-refractivity contribution < 1.29 is 19.4 Å². The van der Waals surface area contributed by atoms with Crippen LogP contribution in [-0.4, -0.2) is 46.2 Å². The average Bonchev–Trinajstić information content (AvgIpc) is 3.03. The lowest BCUT2D eigenvalue weighted by molar-refractivity contribution is -0.131. The highest BCUT2D eigenvalue weighted by molar-refractivity contribution is 5.89. The lowest BCUT2D eigenvalue weighted by atomic mass is 10.1. The Morgan fingerprint density at radius 1 is 1.15 bits per heavy atom. The van der Waals surface area contributed by atoms with Crippen LogP contribution in [0.15, 0.2) is 60.7 Å². The third-order valence-corrected chi connectivity index (χ3v) is 4.61. The number of rotatable bonds is 5. The number of hydrogen-bond acceptors (Lipinski definition) is 4. The molecule has 0 aromatic heterocycles. The van der Waals surface area contributed by atoms with Gasteiger partial charge in [0.2, 0.25) is 5.91 Å². The maximum atomic E-state index is 12.7. The molecule has 1 fully saturated rings. The minimum atomic E-state index is -0.913. The zero-order valence-electron chi connectivity index (χ0n) is 14.6. The van der Waals surface area contributed by atoms with Crippen molar-refractivity contribution in [3.63, 3.8) is 0 Å². The first-order valence-corrected chi connectivity index (χ1v) is 8.55. The Labute approximate surface area is 152 Å². The maximum absolute atomic E-state index is 12.7. The van der Waals surface area contributed by atoms with Crippen molar-refractivity contribution in [2.24, 2.45) is 0 Å². The number of hydrogen-bond donors (Lipinski definition) is 1. The van der Waals surface area contributed by atoms with Crippen molar-refractivity contribution >= 4 is 12.0 Å². The molecule has 26 heavy (non-hydrogen) atoms. The van der Waals surface area contributed by atoms with Gasteiger partial charge in [-0.1, -0.05) is 60.7 Å². The molecule has 0 spiro atoms. The van der Waals surface area contributed by atoms with E-state index >= 15 is 0 Å². The molecule has 2 aromatic rings. The summed E-state index contributed by atoms with van der Waals surface area (Å²) in [6.45, 7) is 1.68. The zero-order valence-corrected chi connectivity index (χ0v) is 14.6. The van der Waals surface area contributed by atoms with Crippen LogP contribution in [0.25, 0.3) is 0 Å². The minimum absolute atomic E-state index is 0.0910. The van der Waals surface area contributed by atoms with E-state index in [1.165, 1.54) is 4.90 Å². The fourth-order valence-electron chi connectivity index (χ4n) is 3.05. The molecule has 0 aliphatic carbocycles. The molecule has 6 nitrogen and oxygen atoms in total. The Balaban J connectivity index is 1.69. The van der Waals surface area contributed by atoms with Gasteiger partial charge in [0, 0.05) is 0 Å². The number of benzene rings is 2. The molecule has 0 radical (unpaired) electrons. The van der Waals surface area contributed by atoms with E-state index in [4.69, 9.17) is 4.74 Å². The second kappa shape index (κ2) is 8.01. The van der Waals surface area contributed by atoms with E-state index in [9.17, 15) is 14.7 Å². The number of aliphatic hydroxyl groups excluding tert-OH is 1. The lowest BCUT2D eigenvalue weighted by Gasteiger charge is -2.24. The quantitative estimate of drug-likeness (QED) is 0.896. The number of nitrogens with zero attached hydrogens (tertiary/aromatic N) is 2. The monoisotopic (exact) mass is 354 g/mol. The van der Waals surface area contributed by atoms with Gasteiger partial charge in [0.1, 0.15) is 19.3 Å². The van der Waals surface area contributed by atoms with Gasteiger partial charge < -0.3 is 14.7 Å². The summed E-state index contributed by atoms with van der Waals surface area (Å²) in [6.07, 6.45) is -0.607. The molecule has 3 rings (SSSR count). The molecule has 1 aliphatic heterocycles. The zero-order chi connectivity index (χ0) is 18.5. The van der Waals surface area contributed by atoms with Gasteiger partial charge in [-0.15, -0.1) is 0 Å². The van der Waals surface area contributed by atoms with Gasteiger partial charge in [-0.25, -0.2) is 4.79 Å². The van der Waals surface area contributed by atoms with Crippen molar-refractivity contribution in [1.29, 1.82) is 0 Å². The molecule has 2 atom stereocenters. The van der Waals surface area contributed by atoms with Crippen molar-refractivity contribution in [2.45, 2.75) is 25.6 Å². The SMILES string of the molecule is C[C@@H](c1ccccc1)N1CN(C(=O)OCc2ccccc2)C(CO)C1=O. The van der Waals surface area contributed by atoms with Crippen LogP contribution >= 0.6 is 0 Å². The predicted octanol–water partition coefficient (Wildman–Crippen LogP) is 2.55. The van der Waals surface area contributed by atoms with Crippen LogP contribution in [0.5, 0.6) is 0 Å². The summed E-state index contributed by atoms with van der Waals surface area (Å²) in [5.74, 6) is -0.277. The lowest BCUT2D eigenvalue weighted by Crippen LogP contribution is -2.40. The normalized spacial score (nSPS) is 18.1. The Morgan fingerprint density at radius 2 is 1.77 bits per heavy atom. The first-order valence-electron chi connectivity index (χ1n) is 8.55. The standard InChI is InChI=1S/C20H22N2O4/c1-15(17-10-6-3-7-11-17)21-14-22(18(12-23)19(21)24)20(25)26-13-16-8-4-2-5-9-16/h2-11,15,18,23H,12-14H2,1H3/t15-,18?/m0/s1. The summed E-state index contributed by atoms with van der Waals surface area (Å²) >= 11 is 0. The largest absolute Gasteiger partial charge is 0.444 e. The molecule has 1 saturated heterocycles. The van der Waals surface area contributed by atoms with E-state index < -0.39 is 18.7 Å². The highest BCUT2D eigenvalue weighted by Gasteiger charge is 2.43. The molecule has 136 valence electrons. The molecule has 1 unspecified atom stereocenters. The van der Waals surface area contributed by atoms with Crippen molar-refractivity contribution in [3.05, 3.63) is 71.8 Å². The number of carbonyl (C=O) groups excluding carboxylic acids is 2. The number of ether oxygens (including phenoxy) is 1. The van der Waals surface area contributed by atoms with Gasteiger partial charge in [0.15, 0.2) is 0 Å². The van der Waals surface area contributed by atoms with Crippen LogP contribution < -0.4 is 0 Å². The summed E-state index contributed by atoms with van der Waals surface area (Å²) in [4.78, 5) is 28.0. The van der Waals surface area contributed by atoms with E-state index in [2.05, 4.69) is 0 Å². The third-order valence-electron chi connectivity index (χ3n) is 4.61. The number of carbonyl (C=O) groups is 2. The van der Waals surface area contributed by atoms with E-state index in [0.717, 1.165) is 11.1 Å².